The lowest BCUT2D eigenvalue weighted by molar-refractivity contribution is -0.0228. The van der Waals surface area contributed by atoms with E-state index in [9.17, 15) is 0 Å². The minimum atomic E-state index is 0.308. The maximum atomic E-state index is 8.05. The van der Waals surface area contributed by atoms with E-state index in [1.54, 1.807) is 0 Å². The molecule has 4 rings (SSSR count). The van der Waals surface area contributed by atoms with E-state index in [1.165, 1.54) is 37.7 Å². The van der Waals surface area contributed by atoms with E-state index >= 15 is 0 Å². The van der Waals surface area contributed by atoms with E-state index in [0.717, 1.165) is 42.3 Å². The minimum Gasteiger partial charge on any atom is -0.330 e. The fourth-order valence-corrected chi connectivity index (χ4v) is 7.16. The Morgan fingerprint density at radius 3 is 2.75 bits per heavy atom. The Morgan fingerprint density at radius 1 is 1.21 bits per heavy atom. The standard InChI is InChI=1S/C22H34N2/c1-14(13-23)18-6-7-19-17-5-4-15-12-16(24)8-10-21(15,2)20(17)9-11-22(18,19)3/h4-5,12,14,17-20,24H,6-11,13,23H2,1-3H3/t14-,17?,18?,19?,20?,21+,22-/m1/s1. The second-order valence-corrected chi connectivity index (χ2v) is 9.63. The number of nitrogens with one attached hydrogen (secondary N) is 1. The second kappa shape index (κ2) is 5.56. The van der Waals surface area contributed by atoms with E-state index in [1.807, 2.05) is 0 Å². The maximum absolute atomic E-state index is 8.05. The fourth-order valence-electron chi connectivity index (χ4n) is 7.16. The molecule has 4 aliphatic rings. The number of allylic oxidation sites excluding steroid dienone is 4. The van der Waals surface area contributed by atoms with Crippen LogP contribution in [0.2, 0.25) is 0 Å². The Hall–Kier alpha value is -0.890. The molecular formula is C22H34N2. The lowest BCUT2D eigenvalue weighted by Crippen LogP contribution is -2.49. The van der Waals surface area contributed by atoms with Crippen molar-refractivity contribution in [3.8, 4) is 0 Å². The van der Waals surface area contributed by atoms with Crippen molar-refractivity contribution in [2.45, 2.75) is 59.3 Å². The van der Waals surface area contributed by atoms with Gasteiger partial charge in [-0.05, 0) is 97.1 Å². The van der Waals surface area contributed by atoms with E-state index in [-0.39, 0.29) is 0 Å². The SMILES string of the molecule is C[C@H](CN)C1CCC2C3C=CC4=CC(=N)CC[C@]4(C)C3CC[C@@]21C. The van der Waals surface area contributed by atoms with Crippen molar-refractivity contribution in [2.75, 3.05) is 6.54 Å². The van der Waals surface area contributed by atoms with Gasteiger partial charge in [0, 0.05) is 5.71 Å². The summed E-state index contributed by atoms with van der Waals surface area (Å²) in [7, 11) is 0. The molecule has 3 N–H and O–H groups in total. The summed E-state index contributed by atoms with van der Waals surface area (Å²) < 4.78 is 0. The molecule has 0 aromatic rings. The molecule has 132 valence electrons. The Balaban J connectivity index is 1.68. The highest BCUT2D eigenvalue weighted by molar-refractivity contribution is 5.94. The van der Waals surface area contributed by atoms with Crippen LogP contribution in [0.25, 0.3) is 0 Å². The molecule has 0 bridgehead atoms. The van der Waals surface area contributed by atoms with Gasteiger partial charge < -0.3 is 11.1 Å². The van der Waals surface area contributed by atoms with Crippen molar-refractivity contribution in [1.82, 2.24) is 0 Å². The van der Waals surface area contributed by atoms with Gasteiger partial charge in [0.1, 0.15) is 0 Å². The molecule has 0 amide bonds. The highest BCUT2D eigenvalue weighted by Gasteiger charge is 2.58. The lowest BCUT2D eigenvalue weighted by atomic mass is 9.48. The Morgan fingerprint density at radius 2 is 2.00 bits per heavy atom. The summed E-state index contributed by atoms with van der Waals surface area (Å²) in [6.07, 6.45) is 14.7. The van der Waals surface area contributed by atoms with Crippen LogP contribution < -0.4 is 5.73 Å². The number of fused-ring (bicyclic) bond motifs is 5. The third-order valence-electron chi connectivity index (χ3n) is 8.68. The molecule has 2 saturated carbocycles. The van der Waals surface area contributed by atoms with Gasteiger partial charge in [0.05, 0.1) is 0 Å². The maximum Gasteiger partial charge on any atom is 0.0317 e. The monoisotopic (exact) mass is 326 g/mol. The van der Waals surface area contributed by atoms with E-state index < -0.39 is 0 Å². The quantitative estimate of drug-likeness (QED) is 0.740. The molecular weight excluding hydrogens is 292 g/mol. The van der Waals surface area contributed by atoms with Gasteiger partial charge in [-0.15, -0.1) is 0 Å². The summed E-state index contributed by atoms with van der Waals surface area (Å²) in [5.74, 6) is 3.84. The molecule has 0 aliphatic heterocycles. The highest BCUT2D eigenvalue weighted by atomic mass is 14.6. The number of nitrogens with two attached hydrogens (primary N) is 1. The third-order valence-corrected chi connectivity index (χ3v) is 8.68. The van der Waals surface area contributed by atoms with Crippen molar-refractivity contribution in [2.24, 2.45) is 46.2 Å². The molecule has 0 spiro atoms. The van der Waals surface area contributed by atoms with Crippen molar-refractivity contribution >= 4 is 5.71 Å². The van der Waals surface area contributed by atoms with Crippen LogP contribution in [0, 0.1) is 45.8 Å². The van der Waals surface area contributed by atoms with Gasteiger partial charge >= 0.3 is 0 Å². The molecule has 0 radical (unpaired) electrons. The molecule has 4 unspecified atom stereocenters. The minimum absolute atomic E-state index is 0.308. The van der Waals surface area contributed by atoms with E-state index in [2.05, 4.69) is 39.0 Å². The third kappa shape index (κ3) is 2.14. The summed E-state index contributed by atoms with van der Waals surface area (Å²) in [5, 5.41) is 8.05. The summed E-state index contributed by atoms with van der Waals surface area (Å²) in [5.41, 5.74) is 9.10. The smallest absolute Gasteiger partial charge is 0.0317 e. The number of hydrogen-bond acceptors (Lipinski definition) is 2. The van der Waals surface area contributed by atoms with Gasteiger partial charge in [0.15, 0.2) is 0 Å². The molecule has 0 saturated heterocycles. The van der Waals surface area contributed by atoms with Gasteiger partial charge in [0.2, 0.25) is 0 Å². The van der Waals surface area contributed by atoms with Crippen LogP contribution in [0.1, 0.15) is 59.3 Å². The van der Waals surface area contributed by atoms with Crippen LogP contribution >= 0.6 is 0 Å². The van der Waals surface area contributed by atoms with Crippen molar-refractivity contribution in [1.29, 1.82) is 5.41 Å². The first-order valence-electron chi connectivity index (χ1n) is 10.1. The molecule has 0 aromatic heterocycles. The Kier molecular flexibility index (Phi) is 3.84. The summed E-state index contributed by atoms with van der Waals surface area (Å²) >= 11 is 0. The van der Waals surface area contributed by atoms with Gasteiger partial charge in [-0.1, -0.05) is 32.9 Å². The van der Waals surface area contributed by atoms with Crippen LogP contribution in [0.15, 0.2) is 23.8 Å². The normalized spacial score (nSPS) is 48.3. The van der Waals surface area contributed by atoms with Crippen LogP contribution in [0.4, 0.5) is 0 Å². The molecule has 7 atom stereocenters. The Bertz CT molecular complexity index is 603. The first-order chi connectivity index (χ1) is 11.4. The molecule has 2 nitrogen and oxygen atoms in total. The topological polar surface area (TPSA) is 49.9 Å². The van der Waals surface area contributed by atoms with Crippen molar-refractivity contribution in [3.63, 3.8) is 0 Å². The highest BCUT2D eigenvalue weighted by Crippen LogP contribution is 2.66. The van der Waals surface area contributed by atoms with Crippen LogP contribution in [0.3, 0.4) is 0 Å². The fraction of sp³-hybridized carbons (Fsp3) is 0.773. The average molecular weight is 327 g/mol. The van der Waals surface area contributed by atoms with Gasteiger partial charge in [0.25, 0.3) is 0 Å². The zero-order valence-corrected chi connectivity index (χ0v) is 15.6. The summed E-state index contributed by atoms with van der Waals surface area (Å²) in [4.78, 5) is 0. The Labute approximate surface area is 147 Å². The second-order valence-electron chi connectivity index (χ2n) is 9.63. The van der Waals surface area contributed by atoms with Gasteiger partial charge in [-0.3, -0.25) is 0 Å². The van der Waals surface area contributed by atoms with Crippen LogP contribution in [-0.4, -0.2) is 12.3 Å². The number of hydrogen-bond donors (Lipinski definition) is 2. The first-order valence-corrected chi connectivity index (χ1v) is 10.1. The lowest BCUT2D eigenvalue weighted by Gasteiger charge is -2.56. The van der Waals surface area contributed by atoms with Crippen LogP contribution in [0.5, 0.6) is 0 Å². The van der Waals surface area contributed by atoms with Gasteiger partial charge in [-0.2, -0.15) is 0 Å². The predicted octanol–water partition coefficient (Wildman–Crippen LogP) is 4.96. The number of rotatable bonds is 2. The van der Waals surface area contributed by atoms with E-state index in [0.29, 0.717) is 16.7 Å². The molecule has 4 aliphatic carbocycles. The summed E-state index contributed by atoms with van der Waals surface area (Å²) in [6.45, 7) is 8.28. The molecule has 0 aromatic carbocycles. The molecule has 2 fully saturated rings. The molecule has 0 heterocycles. The van der Waals surface area contributed by atoms with E-state index in [4.69, 9.17) is 11.1 Å². The van der Waals surface area contributed by atoms with Crippen molar-refractivity contribution in [3.05, 3.63) is 23.8 Å². The first kappa shape index (κ1) is 16.6. The molecule has 24 heavy (non-hydrogen) atoms. The van der Waals surface area contributed by atoms with Crippen molar-refractivity contribution < 1.29 is 0 Å². The largest absolute Gasteiger partial charge is 0.330 e. The van der Waals surface area contributed by atoms with Gasteiger partial charge in [-0.25, -0.2) is 0 Å². The predicted molar refractivity (Wildman–Crippen MR) is 101 cm³/mol. The van der Waals surface area contributed by atoms with Crippen LogP contribution in [-0.2, 0) is 0 Å². The summed E-state index contributed by atoms with van der Waals surface area (Å²) in [6, 6.07) is 0. The average Bonchev–Trinajstić information content (AvgIpc) is 2.92. The molecule has 2 heteroatoms. The zero-order chi connectivity index (χ0) is 17.1. The zero-order valence-electron chi connectivity index (χ0n) is 15.6.